The fourth-order valence-corrected chi connectivity index (χ4v) is 2.83. The van der Waals surface area contributed by atoms with Crippen LogP contribution in [0.1, 0.15) is 17.0 Å². The van der Waals surface area contributed by atoms with Gasteiger partial charge in [0.15, 0.2) is 11.6 Å². The maximum absolute atomic E-state index is 13.1. The molecule has 2 N–H and O–H groups in total. The molecule has 0 aliphatic rings. The lowest BCUT2D eigenvalue weighted by atomic mass is 10.1. The Morgan fingerprint density at radius 1 is 1.12 bits per heavy atom. The topological polar surface area (TPSA) is 66.6 Å². The van der Waals surface area contributed by atoms with E-state index in [1.54, 1.807) is 13.1 Å². The number of aromatic nitrogens is 3. The summed E-state index contributed by atoms with van der Waals surface area (Å²) >= 11 is 0. The summed E-state index contributed by atoms with van der Waals surface area (Å²) in [4.78, 5) is 4.23. The molecule has 0 fully saturated rings. The number of benzene rings is 1. The first-order valence-corrected chi connectivity index (χ1v) is 8.65. The van der Waals surface area contributed by atoms with Crippen LogP contribution in [-0.4, -0.2) is 40.7 Å². The van der Waals surface area contributed by atoms with E-state index in [9.17, 15) is 4.39 Å². The van der Waals surface area contributed by atoms with E-state index in [-0.39, 0.29) is 5.82 Å². The van der Waals surface area contributed by atoms with Gasteiger partial charge in [-0.05, 0) is 48.7 Å². The zero-order chi connectivity index (χ0) is 18.4. The van der Waals surface area contributed by atoms with Crippen LogP contribution in [0.2, 0.25) is 0 Å². The van der Waals surface area contributed by atoms with Gasteiger partial charge >= 0.3 is 0 Å². The molecule has 0 radical (unpaired) electrons. The third-order valence-corrected chi connectivity index (χ3v) is 4.24. The molecule has 2 heterocycles. The number of pyridine rings is 1. The molecular weight excluding hydrogens is 331 g/mol. The smallest absolute Gasteiger partial charge is 0.191 e. The lowest BCUT2D eigenvalue weighted by Gasteiger charge is -2.12. The predicted octanol–water partition coefficient (Wildman–Crippen LogP) is 2.13. The van der Waals surface area contributed by atoms with Crippen molar-refractivity contribution in [1.82, 2.24) is 25.2 Å². The van der Waals surface area contributed by atoms with E-state index in [0.29, 0.717) is 6.54 Å². The molecule has 0 aliphatic carbocycles. The van der Waals surface area contributed by atoms with Crippen molar-refractivity contribution in [3.63, 3.8) is 0 Å². The number of aryl methyl sites for hydroxylation is 1. The summed E-state index contributed by atoms with van der Waals surface area (Å²) in [7, 11) is 1.74. The van der Waals surface area contributed by atoms with Crippen LogP contribution in [0.25, 0.3) is 5.65 Å². The van der Waals surface area contributed by atoms with E-state index in [1.165, 1.54) is 6.07 Å². The zero-order valence-corrected chi connectivity index (χ0v) is 15.0. The Hall–Kier alpha value is -2.96. The van der Waals surface area contributed by atoms with Crippen LogP contribution in [0, 0.1) is 12.7 Å². The molecule has 0 saturated carbocycles. The molecule has 6 nitrogen and oxygen atoms in total. The highest BCUT2D eigenvalue weighted by Crippen LogP contribution is 2.10. The molecule has 2 aromatic heterocycles. The van der Waals surface area contributed by atoms with Gasteiger partial charge in [-0.2, -0.15) is 0 Å². The summed E-state index contributed by atoms with van der Waals surface area (Å²) < 4.78 is 15.1. The molecule has 3 rings (SSSR count). The van der Waals surface area contributed by atoms with E-state index in [4.69, 9.17) is 0 Å². The number of guanidine groups is 1. The summed E-state index contributed by atoms with van der Waals surface area (Å²) in [5.41, 5.74) is 2.94. The third-order valence-electron chi connectivity index (χ3n) is 4.24. The number of fused-ring (bicyclic) bond motifs is 1. The molecule has 0 aliphatic heterocycles. The first-order valence-electron chi connectivity index (χ1n) is 8.65. The minimum Gasteiger partial charge on any atom is -0.356 e. The van der Waals surface area contributed by atoms with E-state index in [1.807, 2.05) is 41.8 Å². The third kappa shape index (κ3) is 4.36. The van der Waals surface area contributed by atoms with E-state index < -0.39 is 0 Å². The average Bonchev–Trinajstić information content (AvgIpc) is 3.05. The van der Waals surface area contributed by atoms with Gasteiger partial charge in [-0.15, -0.1) is 10.2 Å². The number of rotatable bonds is 6. The van der Waals surface area contributed by atoms with Gasteiger partial charge in [0.05, 0.1) is 0 Å². The molecule has 0 unspecified atom stereocenters. The second-order valence-electron chi connectivity index (χ2n) is 6.04. The molecule has 26 heavy (non-hydrogen) atoms. The second-order valence-corrected chi connectivity index (χ2v) is 6.04. The molecule has 136 valence electrons. The summed E-state index contributed by atoms with van der Waals surface area (Å²) in [6.45, 7) is 3.35. The average molecular weight is 354 g/mol. The van der Waals surface area contributed by atoms with Crippen molar-refractivity contribution < 1.29 is 4.39 Å². The molecule has 0 amide bonds. The molecule has 0 atom stereocenters. The van der Waals surface area contributed by atoms with Gasteiger partial charge < -0.3 is 10.6 Å². The van der Waals surface area contributed by atoms with Gasteiger partial charge in [-0.3, -0.25) is 9.39 Å². The van der Waals surface area contributed by atoms with Crippen LogP contribution in [0.3, 0.4) is 0 Å². The largest absolute Gasteiger partial charge is 0.356 e. The quantitative estimate of drug-likeness (QED) is 0.526. The summed E-state index contributed by atoms with van der Waals surface area (Å²) in [5, 5.41) is 14.9. The number of halogens is 1. The highest BCUT2D eigenvalue weighted by Gasteiger charge is 2.05. The normalized spacial score (nSPS) is 11.7. The molecule has 0 spiro atoms. The van der Waals surface area contributed by atoms with Crippen molar-refractivity contribution >= 4 is 11.6 Å². The molecule has 0 bridgehead atoms. The molecular formula is C19H23FN6. The van der Waals surface area contributed by atoms with Gasteiger partial charge in [-0.1, -0.05) is 12.1 Å². The zero-order valence-electron chi connectivity index (χ0n) is 15.0. The van der Waals surface area contributed by atoms with Crippen molar-refractivity contribution in [3.05, 3.63) is 65.4 Å². The van der Waals surface area contributed by atoms with Crippen molar-refractivity contribution in [2.75, 3.05) is 20.1 Å². The summed E-state index contributed by atoms with van der Waals surface area (Å²) in [6.07, 6.45) is 3.51. The lowest BCUT2D eigenvalue weighted by Crippen LogP contribution is -2.39. The number of nitrogens with one attached hydrogen (secondary N) is 2. The van der Waals surface area contributed by atoms with E-state index in [0.717, 1.165) is 47.9 Å². The van der Waals surface area contributed by atoms with Crippen LogP contribution in [0.15, 0.2) is 47.6 Å². The van der Waals surface area contributed by atoms with Crippen LogP contribution in [0.5, 0.6) is 0 Å². The maximum atomic E-state index is 13.1. The SMILES string of the molecule is CN=C(NCCc1ccc(F)cc1C)NCCc1nnc2ccccn12. The fraction of sp³-hybridized carbons (Fsp3) is 0.316. The Balaban J connectivity index is 1.46. The minimum atomic E-state index is -0.197. The van der Waals surface area contributed by atoms with Crippen molar-refractivity contribution in [3.8, 4) is 0 Å². The van der Waals surface area contributed by atoms with Gasteiger partial charge in [0.1, 0.15) is 11.6 Å². The standard InChI is InChI=1S/C19H23FN6/c1-14-13-16(20)7-6-15(14)8-10-22-19(21-2)23-11-9-18-25-24-17-5-3-4-12-26(17)18/h3-7,12-13H,8-11H2,1-2H3,(H2,21,22,23). The van der Waals surface area contributed by atoms with Crippen molar-refractivity contribution in [1.29, 1.82) is 0 Å². The number of nitrogens with zero attached hydrogens (tertiary/aromatic N) is 4. The number of hydrogen-bond donors (Lipinski definition) is 2. The molecule has 0 saturated heterocycles. The summed E-state index contributed by atoms with van der Waals surface area (Å²) in [5.74, 6) is 1.45. The molecule has 7 heteroatoms. The Bertz CT molecular complexity index is 902. The van der Waals surface area contributed by atoms with Crippen molar-refractivity contribution in [2.45, 2.75) is 19.8 Å². The van der Waals surface area contributed by atoms with Gasteiger partial charge in [0.25, 0.3) is 0 Å². The van der Waals surface area contributed by atoms with E-state index >= 15 is 0 Å². The van der Waals surface area contributed by atoms with Crippen LogP contribution < -0.4 is 10.6 Å². The highest BCUT2D eigenvalue weighted by molar-refractivity contribution is 5.79. The van der Waals surface area contributed by atoms with Gasteiger partial charge in [0, 0.05) is 32.8 Å². The van der Waals surface area contributed by atoms with Crippen LogP contribution in [-0.2, 0) is 12.8 Å². The Labute approximate surface area is 152 Å². The second kappa shape index (κ2) is 8.42. The molecule has 3 aromatic rings. The number of aliphatic imine (C=N–C) groups is 1. The molecule has 1 aromatic carbocycles. The van der Waals surface area contributed by atoms with E-state index in [2.05, 4.69) is 25.8 Å². The maximum Gasteiger partial charge on any atom is 0.191 e. The highest BCUT2D eigenvalue weighted by atomic mass is 19.1. The number of hydrogen-bond acceptors (Lipinski definition) is 3. The van der Waals surface area contributed by atoms with Gasteiger partial charge in [-0.25, -0.2) is 4.39 Å². The van der Waals surface area contributed by atoms with Gasteiger partial charge in [0.2, 0.25) is 0 Å². The Morgan fingerprint density at radius 2 is 1.92 bits per heavy atom. The fourth-order valence-electron chi connectivity index (χ4n) is 2.83. The van der Waals surface area contributed by atoms with Crippen LogP contribution >= 0.6 is 0 Å². The Morgan fingerprint density at radius 3 is 2.69 bits per heavy atom. The first-order chi connectivity index (χ1) is 12.7. The van der Waals surface area contributed by atoms with Crippen molar-refractivity contribution in [2.24, 2.45) is 4.99 Å². The first kappa shape index (κ1) is 17.8. The predicted molar refractivity (Wildman–Crippen MR) is 101 cm³/mol. The minimum absolute atomic E-state index is 0.197. The van der Waals surface area contributed by atoms with Crippen LogP contribution in [0.4, 0.5) is 4.39 Å². The Kier molecular flexibility index (Phi) is 5.78. The monoisotopic (exact) mass is 354 g/mol. The lowest BCUT2D eigenvalue weighted by molar-refractivity contribution is 0.625. The summed E-state index contributed by atoms with van der Waals surface area (Å²) in [6, 6.07) is 10.7.